The molecule has 4 heteroatoms. The molecule has 0 bridgehead atoms. The van der Waals surface area contributed by atoms with Gasteiger partial charge in [-0.05, 0) is 20.3 Å². The van der Waals surface area contributed by atoms with E-state index in [4.69, 9.17) is 10.5 Å². The fourth-order valence-corrected chi connectivity index (χ4v) is 2.76. The van der Waals surface area contributed by atoms with Crippen molar-refractivity contribution in [3.8, 4) is 0 Å². The summed E-state index contributed by atoms with van der Waals surface area (Å²) >= 11 is 1.74. The number of methoxy groups -OCH3 is 1. The van der Waals surface area contributed by atoms with Crippen LogP contribution in [-0.4, -0.2) is 24.2 Å². The van der Waals surface area contributed by atoms with E-state index in [0.29, 0.717) is 0 Å². The fourth-order valence-electron chi connectivity index (χ4n) is 1.75. The molecule has 0 spiro atoms. The third-order valence-electron chi connectivity index (χ3n) is 2.84. The minimum Gasteiger partial charge on any atom is -0.380 e. The van der Waals surface area contributed by atoms with Crippen LogP contribution in [0.25, 0.3) is 0 Å². The standard InChI is InChI=1S/C12H22N2OS/c1-5-6-11(15-4)10(13)7-12-14-8(2)9(3)16-12/h10-11H,5-7,13H2,1-4H3. The lowest BCUT2D eigenvalue weighted by atomic mass is 10.0. The van der Waals surface area contributed by atoms with E-state index in [1.165, 1.54) is 4.88 Å². The Hall–Kier alpha value is -0.450. The van der Waals surface area contributed by atoms with Gasteiger partial charge in [0.25, 0.3) is 0 Å². The van der Waals surface area contributed by atoms with Gasteiger partial charge in [0.15, 0.2) is 0 Å². The molecule has 2 N–H and O–H groups in total. The summed E-state index contributed by atoms with van der Waals surface area (Å²) in [4.78, 5) is 5.79. The zero-order valence-corrected chi connectivity index (χ0v) is 11.4. The van der Waals surface area contributed by atoms with E-state index in [2.05, 4.69) is 18.8 Å². The Labute approximate surface area is 102 Å². The van der Waals surface area contributed by atoms with Gasteiger partial charge < -0.3 is 10.5 Å². The lowest BCUT2D eigenvalue weighted by molar-refractivity contribution is 0.0726. The molecule has 0 aliphatic heterocycles. The van der Waals surface area contributed by atoms with Crippen LogP contribution in [0.1, 0.15) is 35.3 Å². The molecule has 1 aromatic rings. The molecule has 92 valence electrons. The van der Waals surface area contributed by atoms with E-state index in [1.54, 1.807) is 18.4 Å². The van der Waals surface area contributed by atoms with Crippen LogP contribution >= 0.6 is 11.3 Å². The molecule has 2 unspecified atom stereocenters. The molecule has 0 fully saturated rings. The number of aryl methyl sites for hydroxylation is 2. The molecule has 1 aromatic heterocycles. The molecule has 0 aromatic carbocycles. The minimum atomic E-state index is 0.0508. The summed E-state index contributed by atoms with van der Waals surface area (Å²) in [5.74, 6) is 0. The lowest BCUT2D eigenvalue weighted by Crippen LogP contribution is -2.37. The highest BCUT2D eigenvalue weighted by Gasteiger charge is 2.18. The first kappa shape index (κ1) is 13.6. The normalized spacial score (nSPS) is 15.1. The predicted molar refractivity (Wildman–Crippen MR) is 69.0 cm³/mol. The van der Waals surface area contributed by atoms with Crippen molar-refractivity contribution in [3.05, 3.63) is 15.6 Å². The summed E-state index contributed by atoms with van der Waals surface area (Å²) < 4.78 is 5.41. The number of thiazole rings is 1. The lowest BCUT2D eigenvalue weighted by Gasteiger charge is -2.21. The molecule has 0 amide bonds. The first-order valence-corrected chi connectivity index (χ1v) is 6.61. The van der Waals surface area contributed by atoms with Gasteiger partial charge in [0.05, 0.1) is 16.8 Å². The highest BCUT2D eigenvalue weighted by Crippen LogP contribution is 2.19. The van der Waals surface area contributed by atoms with Crippen molar-refractivity contribution in [1.82, 2.24) is 4.98 Å². The molecule has 0 aliphatic carbocycles. The van der Waals surface area contributed by atoms with E-state index in [-0.39, 0.29) is 12.1 Å². The van der Waals surface area contributed by atoms with Gasteiger partial charge in [0.2, 0.25) is 0 Å². The number of hydrogen-bond acceptors (Lipinski definition) is 4. The van der Waals surface area contributed by atoms with Crippen LogP contribution < -0.4 is 5.73 Å². The van der Waals surface area contributed by atoms with Gasteiger partial charge in [-0.25, -0.2) is 4.98 Å². The Morgan fingerprint density at radius 3 is 2.56 bits per heavy atom. The highest BCUT2D eigenvalue weighted by atomic mass is 32.1. The van der Waals surface area contributed by atoms with E-state index in [0.717, 1.165) is 30.0 Å². The number of hydrogen-bond donors (Lipinski definition) is 1. The maximum atomic E-state index is 6.15. The van der Waals surface area contributed by atoms with Crippen molar-refractivity contribution in [1.29, 1.82) is 0 Å². The summed E-state index contributed by atoms with van der Waals surface area (Å²) in [6.45, 7) is 6.29. The molecule has 1 rings (SSSR count). The third kappa shape index (κ3) is 3.54. The van der Waals surface area contributed by atoms with Gasteiger partial charge in [-0.3, -0.25) is 0 Å². The SMILES string of the molecule is CCCC(OC)C(N)Cc1nc(C)c(C)s1. The van der Waals surface area contributed by atoms with Crippen LogP contribution in [0.5, 0.6) is 0 Å². The van der Waals surface area contributed by atoms with Gasteiger partial charge >= 0.3 is 0 Å². The fraction of sp³-hybridized carbons (Fsp3) is 0.750. The molecule has 0 aliphatic rings. The number of nitrogens with zero attached hydrogens (tertiary/aromatic N) is 1. The van der Waals surface area contributed by atoms with Crippen LogP contribution in [0.4, 0.5) is 0 Å². The van der Waals surface area contributed by atoms with E-state index in [1.807, 2.05) is 6.92 Å². The average Bonchev–Trinajstić information content (AvgIpc) is 2.54. The Balaban J connectivity index is 2.58. The smallest absolute Gasteiger partial charge is 0.0947 e. The Kier molecular flexibility index (Phi) is 5.38. The van der Waals surface area contributed by atoms with Crippen LogP contribution in [-0.2, 0) is 11.2 Å². The molecule has 0 saturated carbocycles. The Bertz CT molecular complexity index is 305. The van der Waals surface area contributed by atoms with Gasteiger partial charge in [-0.1, -0.05) is 13.3 Å². The van der Waals surface area contributed by atoms with Crippen molar-refractivity contribution in [2.24, 2.45) is 5.73 Å². The summed E-state index contributed by atoms with van der Waals surface area (Å²) in [5.41, 5.74) is 7.27. The second-order valence-corrected chi connectivity index (χ2v) is 5.47. The number of nitrogens with two attached hydrogens (primary N) is 1. The van der Waals surface area contributed by atoms with Crippen molar-refractivity contribution < 1.29 is 4.74 Å². The van der Waals surface area contributed by atoms with Gasteiger partial charge in [-0.2, -0.15) is 0 Å². The van der Waals surface area contributed by atoms with E-state index < -0.39 is 0 Å². The predicted octanol–water partition coefficient (Wildman–Crippen LogP) is 2.44. The quantitative estimate of drug-likeness (QED) is 0.833. The number of rotatable bonds is 6. The monoisotopic (exact) mass is 242 g/mol. The largest absolute Gasteiger partial charge is 0.380 e. The van der Waals surface area contributed by atoms with Crippen LogP contribution in [0.15, 0.2) is 0 Å². The summed E-state index contributed by atoms with van der Waals surface area (Å²) in [7, 11) is 1.73. The summed E-state index contributed by atoms with van der Waals surface area (Å²) in [6, 6.07) is 0.0508. The second kappa shape index (κ2) is 6.33. The molecule has 0 radical (unpaired) electrons. The van der Waals surface area contributed by atoms with Crippen molar-refractivity contribution >= 4 is 11.3 Å². The first-order chi connectivity index (χ1) is 7.58. The van der Waals surface area contributed by atoms with Crippen LogP contribution in [0.3, 0.4) is 0 Å². The van der Waals surface area contributed by atoms with Crippen molar-refractivity contribution in [2.75, 3.05) is 7.11 Å². The summed E-state index contributed by atoms with van der Waals surface area (Å²) in [6.07, 6.45) is 3.08. The molecular formula is C12H22N2OS. The van der Waals surface area contributed by atoms with Crippen LogP contribution in [0, 0.1) is 13.8 Å². The molecule has 3 nitrogen and oxygen atoms in total. The van der Waals surface area contributed by atoms with E-state index in [9.17, 15) is 0 Å². The zero-order valence-electron chi connectivity index (χ0n) is 10.6. The minimum absolute atomic E-state index is 0.0508. The molecule has 16 heavy (non-hydrogen) atoms. The van der Waals surface area contributed by atoms with Gasteiger partial charge in [0.1, 0.15) is 0 Å². The molecule has 0 saturated heterocycles. The highest BCUT2D eigenvalue weighted by molar-refractivity contribution is 7.11. The van der Waals surface area contributed by atoms with Gasteiger partial charge in [0, 0.05) is 24.4 Å². The maximum absolute atomic E-state index is 6.15. The van der Waals surface area contributed by atoms with Gasteiger partial charge in [-0.15, -0.1) is 11.3 Å². The summed E-state index contributed by atoms with van der Waals surface area (Å²) in [5, 5.41) is 1.13. The van der Waals surface area contributed by atoms with E-state index >= 15 is 0 Å². The second-order valence-electron chi connectivity index (χ2n) is 4.18. The molecular weight excluding hydrogens is 220 g/mol. The average molecular weight is 242 g/mol. The molecule has 2 atom stereocenters. The topological polar surface area (TPSA) is 48.1 Å². The third-order valence-corrected chi connectivity index (χ3v) is 3.93. The first-order valence-electron chi connectivity index (χ1n) is 5.79. The Morgan fingerprint density at radius 1 is 1.44 bits per heavy atom. The number of aromatic nitrogens is 1. The maximum Gasteiger partial charge on any atom is 0.0947 e. The molecule has 1 heterocycles. The zero-order chi connectivity index (χ0) is 12.1. The van der Waals surface area contributed by atoms with Crippen molar-refractivity contribution in [3.63, 3.8) is 0 Å². The van der Waals surface area contributed by atoms with Crippen molar-refractivity contribution in [2.45, 2.75) is 52.2 Å². The van der Waals surface area contributed by atoms with Crippen LogP contribution in [0.2, 0.25) is 0 Å². The number of ether oxygens (including phenoxy) is 1. The Morgan fingerprint density at radius 2 is 2.12 bits per heavy atom.